The second-order valence-corrected chi connectivity index (χ2v) is 5.73. The SMILES string of the molecule is CC1CN2CCCC2CN1C(=O)N[C@@H](CC(=O)O)C(=O)O. The largest absolute Gasteiger partial charge is 0.481 e. The van der Waals surface area contributed by atoms with Crippen molar-refractivity contribution in [3.63, 3.8) is 0 Å². The van der Waals surface area contributed by atoms with Crippen molar-refractivity contribution in [1.82, 2.24) is 15.1 Å². The molecule has 2 aliphatic rings. The van der Waals surface area contributed by atoms with Gasteiger partial charge in [0.1, 0.15) is 6.04 Å². The molecule has 0 spiro atoms. The van der Waals surface area contributed by atoms with Crippen molar-refractivity contribution in [2.24, 2.45) is 0 Å². The van der Waals surface area contributed by atoms with E-state index in [9.17, 15) is 14.4 Å². The Labute approximate surface area is 122 Å². The van der Waals surface area contributed by atoms with Crippen LogP contribution in [0.25, 0.3) is 0 Å². The van der Waals surface area contributed by atoms with Crippen LogP contribution < -0.4 is 5.32 Å². The number of hydrogen-bond donors (Lipinski definition) is 3. The van der Waals surface area contributed by atoms with E-state index >= 15 is 0 Å². The van der Waals surface area contributed by atoms with Gasteiger partial charge in [-0.2, -0.15) is 0 Å². The summed E-state index contributed by atoms with van der Waals surface area (Å²) in [5.74, 6) is -2.59. The number of hydrogen-bond acceptors (Lipinski definition) is 4. The monoisotopic (exact) mass is 299 g/mol. The van der Waals surface area contributed by atoms with Crippen LogP contribution in [0.2, 0.25) is 0 Å². The average molecular weight is 299 g/mol. The lowest BCUT2D eigenvalue weighted by Crippen LogP contribution is -2.60. The van der Waals surface area contributed by atoms with Crippen LogP contribution in [0.3, 0.4) is 0 Å². The fraction of sp³-hybridized carbons (Fsp3) is 0.769. The summed E-state index contributed by atoms with van der Waals surface area (Å²) < 4.78 is 0. The minimum Gasteiger partial charge on any atom is -0.481 e. The number of carbonyl (C=O) groups is 3. The Kier molecular flexibility index (Phi) is 4.66. The number of fused-ring (bicyclic) bond motifs is 1. The molecule has 0 saturated carbocycles. The number of carbonyl (C=O) groups excluding carboxylic acids is 1. The van der Waals surface area contributed by atoms with Gasteiger partial charge in [0.25, 0.3) is 0 Å². The fourth-order valence-electron chi connectivity index (χ4n) is 3.08. The lowest BCUT2D eigenvalue weighted by atomic mass is 10.1. The minimum atomic E-state index is -1.40. The topological polar surface area (TPSA) is 110 Å². The van der Waals surface area contributed by atoms with Crippen LogP contribution in [0.5, 0.6) is 0 Å². The molecule has 2 heterocycles. The van der Waals surface area contributed by atoms with Gasteiger partial charge < -0.3 is 20.4 Å². The van der Waals surface area contributed by atoms with E-state index in [1.165, 1.54) is 0 Å². The summed E-state index contributed by atoms with van der Waals surface area (Å²) in [5, 5.41) is 20.0. The van der Waals surface area contributed by atoms with Crippen molar-refractivity contribution in [3.05, 3.63) is 0 Å². The molecule has 2 unspecified atom stereocenters. The first-order chi connectivity index (χ1) is 9.88. The highest BCUT2D eigenvalue weighted by Crippen LogP contribution is 2.24. The van der Waals surface area contributed by atoms with Gasteiger partial charge in [-0.15, -0.1) is 0 Å². The third kappa shape index (κ3) is 3.63. The first-order valence-electron chi connectivity index (χ1n) is 7.14. The molecular formula is C13H21N3O5. The predicted octanol–water partition coefficient (Wildman–Crippen LogP) is -0.208. The Hall–Kier alpha value is -1.83. The van der Waals surface area contributed by atoms with E-state index < -0.39 is 30.4 Å². The summed E-state index contributed by atoms with van der Waals surface area (Å²) in [4.78, 5) is 37.9. The maximum Gasteiger partial charge on any atom is 0.326 e. The normalized spacial score (nSPS) is 27.0. The zero-order valence-electron chi connectivity index (χ0n) is 12.0. The Morgan fingerprint density at radius 1 is 1.29 bits per heavy atom. The van der Waals surface area contributed by atoms with Gasteiger partial charge in [-0.1, -0.05) is 0 Å². The van der Waals surface area contributed by atoms with Gasteiger partial charge in [-0.25, -0.2) is 9.59 Å². The Bertz CT molecular complexity index is 442. The number of nitrogens with one attached hydrogen (secondary N) is 1. The first kappa shape index (κ1) is 15.6. The molecule has 8 nitrogen and oxygen atoms in total. The Morgan fingerprint density at radius 3 is 2.62 bits per heavy atom. The average Bonchev–Trinajstić information content (AvgIpc) is 2.83. The molecule has 2 fully saturated rings. The number of amides is 2. The van der Waals surface area contributed by atoms with Gasteiger partial charge in [0.15, 0.2) is 0 Å². The lowest BCUT2D eigenvalue weighted by Gasteiger charge is -2.42. The molecule has 0 aliphatic carbocycles. The molecule has 2 aliphatic heterocycles. The lowest BCUT2D eigenvalue weighted by molar-refractivity contribution is -0.145. The third-order valence-electron chi connectivity index (χ3n) is 4.17. The molecule has 3 N–H and O–H groups in total. The molecule has 0 aromatic heterocycles. The molecular weight excluding hydrogens is 278 g/mol. The molecule has 118 valence electrons. The van der Waals surface area contributed by atoms with Crippen molar-refractivity contribution >= 4 is 18.0 Å². The van der Waals surface area contributed by atoms with Crippen LogP contribution in [0.15, 0.2) is 0 Å². The predicted molar refractivity (Wildman–Crippen MR) is 73.0 cm³/mol. The zero-order chi connectivity index (χ0) is 15.6. The molecule has 21 heavy (non-hydrogen) atoms. The summed E-state index contributed by atoms with van der Waals surface area (Å²) in [6.07, 6.45) is 1.52. The van der Waals surface area contributed by atoms with E-state index in [-0.39, 0.29) is 6.04 Å². The van der Waals surface area contributed by atoms with Crippen molar-refractivity contribution in [2.75, 3.05) is 19.6 Å². The Balaban J connectivity index is 1.97. The number of urea groups is 1. The molecule has 0 aromatic carbocycles. The number of nitrogens with zero attached hydrogens (tertiary/aromatic N) is 2. The smallest absolute Gasteiger partial charge is 0.326 e. The first-order valence-corrected chi connectivity index (χ1v) is 7.14. The van der Waals surface area contributed by atoms with Crippen molar-refractivity contribution in [1.29, 1.82) is 0 Å². The summed E-state index contributed by atoms with van der Waals surface area (Å²) in [5.41, 5.74) is 0. The molecule has 0 radical (unpaired) electrons. The molecule has 2 rings (SSSR count). The van der Waals surface area contributed by atoms with Crippen LogP contribution >= 0.6 is 0 Å². The van der Waals surface area contributed by atoms with Crippen LogP contribution in [0.4, 0.5) is 4.79 Å². The maximum absolute atomic E-state index is 12.2. The van der Waals surface area contributed by atoms with Gasteiger partial charge in [0.2, 0.25) is 0 Å². The molecule has 8 heteroatoms. The number of piperazine rings is 1. The molecule has 3 atom stereocenters. The van der Waals surface area contributed by atoms with E-state index in [2.05, 4.69) is 10.2 Å². The number of rotatable bonds is 4. The van der Waals surface area contributed by atoms with Gasteiger partial charge >= 0.3 is 18.0 Å². The number of aliphatic carboxylic acids is 2. The van der Waals surface area contributed by atoms with E-state index in [0.29, 0.717) is 12.6 Å². The van der Waals surface area contributed by atoms with Gasteiger partial charge in [0.05, 0.1) is 6.42 Å². The number of carboxylic acids is 2. The summed E-state index contributed by atoms with van der Waals surface area (Å²) in [6.45, 7) is 4.30. The van der Waals surface area contributed by atoms with E-state index in [0.717, 1.165) is 25.9 Å². The highest BCUT2D eigenvalue weighted by atomic mass is 16.4. The van der Waals surface area contributed by atoms with Crippen molar-refractivity contribution < 1.29 is 24.6 Å². The van der Waals surface area contributed by atoms with E-state index in [4.69, 9.17) is 10.2 Å². The van der Waals surface area contributed by atoms with Crippen LogP contribution in [0, 0.1) is 0 Å². The second kappa shape index (κ2) is 6.30. The summed E-state index contributed by atoms with van der Waals surface area (Å²) in [6, 6.07) is -1.58. The van der Waals surface area contributed by atoms with Crippen LogP contribution in [0.1, 0.15) is 26.2 Å². The quantitative estimate of drug-likeness (QED) is 0.662. The molecule has 2 amide bonds. The molecule has 0 bridgehead atoms. The highest BCUT2D eigenvalue weighted by molar-refractivity contribution is 5.86. The Morgan fingerprint density at radius 2 is 2.00 bits per heavy atom. The fourth-order valence-corrected chi connectivity index (χ4v) is 3.08. The molecule has 2 saturated heterocycles. The highest BCUT2D eigenvalue weighted by Gasteiger charge is 2.37. The standard InChI is InChI=1S/C13H21N3O5/c1-8-6-15-4-2-3-9(15)7-16(8)13(21)14-10(12(19)20)5-11(17)18/h8-10H,2-7H2,1H3,(H,14,21)(H,17,18)(H,19,20)/t8?,9?,10-/m0/s1. The van der Waals surface area contributed by atoms with Gasteiger partial charge in [0, 0.05) is 25.2 Å². The second-order valence-electron chi connectivity index (χ2n) is 5.73. The van der Waals surface area contributed by atoms with Crippen LogP contribution in [-0.2, 0) is 9.59 Å². The van der Waals surface area contributed by atoms with Gasteiger partial charge in [-0.05, 0) is 26.3 Å². The van der Waals surface area contributed by atoms with E-state index in [1.807, 2.05) is 6.92 Å². The van der Waals surface area contributed by atoms with Crippen molar-refractivity contribution in [2.45, 2.75) is 44.3 Å². The zero-order valence-corrected chi connectivity index (χ0v) is 12.0. The summed E-state index contributed by atoms with van der Waals surface area (Å²) in [7, 11) is 0. The molecule has 0 aromatic rings. The van der Waals surface area contributed by atoms with Crippen LogP contribution in [-0.4, -0.2) is 75.7 Å². The maximum atomic E-state index is 12.2. The summed E-state index contributed by atoms with van der Waals surface area (Å²) >= 11 is 0. The van der Waals surface area contributed by atoms with Gasteiger partial charge in [-0.3, -0.25) is 9.69 Å². The van der Waals surface area contributed by atoms with Crippen molar-refractivity contribution in [3.8, 4) is 0 Å². The van der Waals surface area contributed by atoms with E-state index in [1.54, 1.807) is 4.90 Å². The number of carboxylic acid groups (broad SMARTS) is 2. The third-order valence-corrected chi connectivity index (χ3v) is 4.17. The minimum absolute atomic E-state index is 0.0152.